The molecule has 3 rings (SSSR count). The molecular formula is C15H13FN2O2. The maximum Gasteiger partial charge on any atom is 0.267 e. The van der Waals surface area contributed by atoms with Gasteiger partial charge in [-0.3, -0.25) is 14.2 Å². The van der Waals surface area contributed by atoms with Crippen LogP contribution in [-0.4, -0.2) is 10.5 Å². The van der Waals surface area contributed by atoms with Crippen molar-refractivity contribution in [3.8, 4) is 5.69 Å². The number of hydrogen-bond donors (Lipinski definition) is 1. The van der Waals surface area contributed by atoms with E-state index in [1.807, 2.05) is 0 Å². The minimum Gasteiger partial charge on any atom is -0.365 e. The smallest absolute Gasteiger partial charge is 0.267 e. The molecule has 1 heterocycles. The Hall–Kier alpha value is -2.43. The van der Waals surface area contributed by atoms with Crippen molar-refractivity contribution in [3.63, 3.8) is 0 Å². The number of carbonyl (C=O) groups is 1. The van der Waals surface area contributed by atoms with Gasteiger partial charge in [0.25, 0.3) is 11.5 Å². The first kappa shape index (κ1) is 12.6. The Balaban J connectivity index is 2.20. The topological polar surface area (TPSA) is 65.1 Å². The summed E-state index contributed by atoms with van der Waals surface area (Å²) in [5.74, 6) is -0.746. The van der Waals surface area contributed by atoms with Crippen LogP contribution in [0, 0.1) is 5.82 Å². The molecule has 0 radical (unpaired) electrons. The lowest BCUT2D eigenvalue weighted by atomic mass is 10.1. The second-order valence-electron chi connectivity index (χ2n) is 4.98. The van der Waals surface area contributed by atoms with Crippen molar-refractivity contribution in [1.82, 2.24) is 4.57 Å². The lowest BCUT2D eigenvalue weighted by molar-refractivity contribution is 0.0998. The van der Waals surface area contributed by atoms with E-state index in [4.69, 9.17) is 5.73 Å². The lowest BCUT2D eigenvalue weighted by Gasteiger charge is -2.10. The maximum atomic E-state index is 13.0. The fourth-order valence-corrected chi connectivity index (χ4v) is 2.21. The molecule has 0 unspecified atom stereocenters. The van der Waals surface area contributed by atoms with Crippen LogP contribution in [0.25, 0.3) is 5.69 Å². The molecule has 1 aromatic heterocycles. The standard InChI is InChI=1S/C15H13FN2O2/c16-11-3-5-12(6-4-11)18-8-10(9-1-2-9)7-13(14(17)19)15(18)20/h3-9H,1-2H2,(H2,17,19). The number of hydrogen-bond acceptors (Lipinski definition) is 2. The quantitative estimate of drug-likeness (QED) is 0.928. The molecule has 1 saturated carbocycles. The molecule has 1 aliphatic rings. The summed E-state index contributed by atoms with van der Waals surface area (Å²) in [6, 6.07) is 7.11. The molecule has 0 saturated heterocycles. The zero-order valence-corrected chi connectivity index (χ0v) is 10.7. The van der Waals surface area contributed by atoms with E-state index in [1.165, 1.54) is 28.8 Å². The number of halogens is 1. The van der Waals surface area contributed by atoms with Gasteiger partial charge in [-0.05, 0) is 54.7 Å². The molecular weight excluding hydrogens is 259 g/mol. The number of aromatic nitrogens is 1. The van der Waals surface area contributed by atoms with E-state index in [9.17, 15) is 14.0 Å². The van der Waals surface area contributed by atoms with Gasteiger partial charge in [0.1, 0.15) is 11.4 Å². The molecule has 1 aliphatic carbocycles. The Labute approximate surface area is 114 Å². The maximum absolute atomic E-state index is 13.0. The summed E-state index contributed by atoms with van der Waals surface area (Å²) in [4.78, 5) is 23.7. The minimum absolute atomic E-state index is 0.0290. The van der Waals surface area contributed by atoms with Crippen molar-refractivity contribution in [1.29, 1.82) is 0 Å². The van der Waals surface area contributed by atoms with Crippen LogP contribution in [-0.2, 0) is 0 Å². The second kappa shape index (κ2) is 4.59. The summed E-state index contributed by atoms with van der Waals surface area (Å²) in [7, 11) is 0. The molecule has 5 heteroatoms. The van der Waals surface area contributed by atoms with Crippen LogP contribution in [0.1, 0.15) is 34.7 Å². The van der Waals surface area contributed by atoms with E-state index in [2.05, 4.69) is 0 Å². The number of carbonyl (C=O) groups excluding carboxylic acids is 1. The summed E-state index contributed by atoms with van der Waals surface area (Å²) in [5.41, 5.74) is 6.19. The Bertz CT molecular complexity index is 731. The molecule has 102 valence electrons. The number of nitrogens with zero attached hydrogens (tertiary/aromatic N) is 1. The van der Waals surface area contributed by atoms with Gasteiger partial charge in [-0.1, -0.05) is 0 Å². The predicted octanol–water partition coefficient (Wildman–Crippen LogP) is 1.95. The average molecular weight is 272 g/mol. The third kappa shape index (κ3) is 2.22. The molecule has 0 spiro atoms. The Kier molecular flexibility index (Phi) is 2.89. The van der Waals surface area contributed by atoms with Gasteiger partial charge in [0.15, 0.2) is 0 Å². The SMILES string of the molecule is NC(=O)c1cc(C2CC2)cn(-c2ccc(F)cc2)c1=O. The van der Waals surface area contributed by atoms with Gasteiger partial charge in [0.05, 0.1) is 0 Å². The second-order valence-corrected chi connectivity index (χ2v) is 4.98. The summed E-state index contributed by atoms with van der Waals surface area (Å²) >= 11 is 0. The lowest BCUT2D eigenvalue weighted by Crippen LogP contribution is -2.29. The van der Waals surface area contributed by atoms with Crippen molar-refractivity contribution in [2.75, 3.05) is 0 Å². The third-order valence-corrected chi connectivity index (χ3v) is 3.46. The zero-order valence-electron chi connectivity index (χ0n) is 10.7. The molecule has 2 aromatic rings. The van der Waals surface area contributed by atoms with Gasteiger partial charge in [-0.2, -0.15) is 0 Å². The fourth-order valence-electron chi connectivity index (χ4n) is 2.21. The highest BCUT2D eigenvalue weighted by Gasteiger charge is 2.26. The number of primary amides is 1. The van der Waals surface area contributed by atoms with Crippen LogP contribution < -0.4 is 11.3 Å². The number of rotatable bonds is 3. The van der Waals surface area contributed by atoms with Gasteiger partial charge in [-0.25, -0.2) is 4.39 Å². The largest absolute Gasteiger partial charge is 0.365 e. The number of amides is 1. The molecule has 0 atom stereocenters. The van der Waals surface area contributed by atoms with Gasteiger partial charge < -0.3 is 5.73 Å². The van der Waals surface area contributed by atoms with Crippen LogP contribution in [0.2, 0.25) is 0 Å². The van der Waals surface area contributed by atoms with Gasteiger partial charge in [-0.15, -0.1) is 0 Å². The monoisotopic (exact) mass is 272 g/mol. The van der Waals surface area contributed by atoms with Gasteiger partial charge in [0.2, 0.25) is 0 Å². The predicted molar refractivity (Wildman–Crippen MR) is 72.5 cm³/mol. The van der Waals surface area contributed by atoms with Crippen molar-refractivity contribution < 1.29 is 9.18 Å². The third-order valence-electron chi connectivity index (χ3n) is 3.46. The van der Waals surface area contributed by atoms with Gasteiger partial charge in [0, 0.05) is 11.9 Å². The van der Waals surface area contributed by atoms with E-state index in [0.717, 1.165) is 18.4 Å². The highest BCUT2D eigenvalue weighted by atomic mass is 19.1. The van der Waals surface area contributed by atoms with Crippen molar-refractivity contribution in [2.45, 2.75) is 18.8 Å². The van der Waals surface area contributed by atoms with Crippen LogP contribution in [0.4, 0.5) is 4.39 Å². The zero-order chi connectivity index (χ0) is 14.3. The van der Waals surface area contributed by atoms with Gasteiger partial charge >= 0.3 is 0 Å². The minimum atomic E-state index is -0.742. The Morgan fingerprint density at radius 1 is 1.25 bits per heavy atom. The fraction of sp³-hybridized carbons (Fsp3) is 0.200. The van der Waals surface area contributed by atoms with E-state index in [0.29, 0.717) is 11.6 Å². The van der Waals surface area contributed by atoms with E-state index in [1.54, 1.807) is 12.3 Å². The van der Waals surface area contributed by atoms with Crippen LogP contribution in [0.15, 0.2) is 41.3 Å². The average Bonchev–Trinajstić information content (AvgIpc) is 3.24. The van der Waals surface area contributed by atoms with Crippen LogP contribution in [0.5, 0.6) is 0 Å². The Morgan fingerprint density at radius 3 is 2.45 bits per heavy atom. The number of pyridine rings is 1. The molecule has 1 aromatic carbocycles. The number of nitrogens with two attached hydrogens (primary N) is 1. The van der Waals surface area contributed by atoms with E-state index in [-0.39, 0.29) is 11.4 Å². The van der Waals surface area contributed by atoms with Crippen molar-refractivity contribution >= 4 is 5.91 Å². The summed E-state index contributed by atoms with van der Waals surface area (Å²) < 4.78 is 14.3. The highest BCUT2D eigenvalue weighted by Crippen LogP contribution is 2.40. The summed E-state index contributed by atoms with van der Waals surface area (Å²) in [6.45, 7) is 0. The first-order chi connectivity index (χ1) is 9.56. The van der Waals surface area contributed by atoms with Crippen molar-refractivity contribution in [3.05, 3.63) is 63.8 Å². The van der Waals surface area contributed by atoms with E-state index >= 15 is 0 Å². The molecule has 1 amide bonds. The van der Waals surface area contributed by atoms with Crippen LogP contribution >= 0.6 is 0 Å². The molecule has 20 heavy (non-hydrogen) atoms. The molecule has 1 fully saturated rings. The first-order valence-corrected chi connectivity index (χ1v) is 6.38. The highest BCUT2D eigenvalue weighted by molar-refractivity contribution is 5.92. The normalized spacial score (nSPS) is 14.2. The molecule has 0 aliphatic heterocycles. The van der Waals surface area contributed by atoms with E-state index < -0.39 is 11.5 Å². The summed E-state index contributed by atoms with van der Waals surface area (Å²) in [5, 5.41) is 0. The first-order valence-electron chi connectivity index (χ1n) is 6.38. The van der Waals surface area contributed by atoms with Crippen LogP contribution in [0.3, 0.4) is 0 Å². The Morgan fingerprint density at radius 2 is 1.90 bits per heavy atom. The molecule has 0 bridgehead atoms. The molecule has 4 nitrogen and oxygen atoms in total. The summed E-state index contributed by atoms with van der Waals surface area (Å²) in [6.07, 6.45) is 3.79. The number of benzene rings is 1. The van der Waals surface area contributed by atoms with Crippen molar-refractivity contribution in [2.24, 2.45) is 5.73 Å². The molecule has 2 N–H and O–H groups in total.